The molecule has 1 aromatic rings. The number of esters is 1. The summed E-state index contributed by atoms with van der Waals surface area (Å²) >= 11 is 5.51. The van der Waals surface area contributed by atoms with Crippen molar-refractivity contribution in [2.45, 2.75) is 6.92 Å². The lowest BCUT2D eigenvalue weighted by Gasteiger charge is -2.03. The van der Waals surface area contributed by atoms with E-state index in [0.717, 1.165) is 0 Å². The fraction of sp³-hybridized carbons (Fsp3) is 0.333. The Hall–Kier alpha value is -1.69. The molecule has 86 valence electrons. The average Bonchev–Trinajstić information content (AvgIpc) is 2.27. The zero-order chi connectivity index (χ0) is 12.0. The lowest BCUT2D eigenvalue weighted by atomic mass is 10.4. The van der Waals surface area contributed by atoms with Gasteiger partial charge in [-0.15, -0.1) is 0 Å². The Morgan fingerprint density at radius 1 is 1.44 bits per heavy atom. The first kappa shape index (κ1) is 12.4. The van der Waals surface area contributed by atoms with Gasteiger partial charge < -0.3 is 10.1 Å². The molecule has 7 heteroatoms. The molecule has 1 heterocycles. The molecule has 1 aromatic heterocycles. The van der Waals surface area contributed by atoms with Gasteiger partial charge in [0.1, 0.15) is 17.4 Å². The van der Waals surface area contributed by atoms with Crippen LogP contribution < -0.4 is 5.32 Å². The quantitative estimate of drug-likeness (QED) is 0.776. The summed E-state index contributed by atoms with van der Waals surface area (Å²) in [7, 11) is 0. The van der Waals surface area contributed by atoms with Crippen molar-refractivity contribution < 1.29 is 14.3 Å². The molecule has 1 N–H and O–H groups in total. The van der Waals surface area contributed by atoms with Crippen molar-refractivity contribution in [1.29, 1.82) is 0 Å². The van der Waals surface area contributed by atoms with Crippen LogP contribution >= 0.6 is 11.6 Å². The Bertz CT molecular complexity index is 380. The molecule has 0 spiro atoms. The number of halogens is 1. The van der Waals surface area contributed by atoms with E-state index in [1.165, 1.54) is 12.4 Å². The van der Waals surface area contributed by atoms with Crippen molar-refractivity contribution in [1.82, 2.24) is 15.3 Å². The van der Waals surface area contributed by atoms with Crippen molar-refractivity contribution in [3.8, 4) is 0 Å². The van der Waals surface area contributed by atoms with Gasteiger partial charge in [0.05, 0.1) is 19.0 Å². The highest BCUT2D eigenvalue weighted by molar-refractivity contribution is 6.29. The predicted molar refractivity (Wildman–Crippen MR) is 56.0 cm³/mol. The maximum absolute atomic E-state index is 11.4. The van der Waals surface area contributed by atoms with E-state index in [1.54, 1.807) is 6.92 Å². The minimum atomic E-state index is -0.503. The summed E-state index contributed by atoms with van der Waals surface area (Å²) in [6.45, 7) is 1.76. The normalized spacial score (nSPS) is 9.62. The number of nitrogens with one attached hydrogen (secondary N) is 1. The van der Waals surface area contributed by atoms with Crippen molar-refractivity contribution in [3.05, 3.63) is 23.2 Å². The molecule has 0 atom stereocenters. The number of ether oxygens (including phenoxy) is 1. The van der Waals surface area contributed by atoms with Gasteiger partial charge in [-0.25, -0.2) is 9.97 Å². The van der Waals surface area contributed by atoms with Gasteiger partial charge in [-0.3, -0.25) is 9.59 Å². The molecule has 6 nitrogen and oxygen atoms in total. The molecule has 0 unspecified atom stereocenters. The van der Waals surface area contributed by atoms with Gasteiger partial charge in [-0.2, -0.15) is 0 Å². The van der Waals surface area contributed by atoms with Crippen molar-refractivity contribution in [2.75, 3.05) is 13.2 Å². The van der Waals surface area contributed by atoms with Gasteiger partial charge in [0.15, 0.2) is 0 Å². The van der Waals surface area contributed by atoms with Crippen LogP contribution in [0.5, 0.6) is 0 Å². The number of hydrogen-bond donors (Lipinski definition) is 1. The Balaban J connectivity index is 2.47. The molecular formula is C9H10ClN3O3. The molecular weight excluding hydrogens is 234 g/mol. The monoisotopic (exact) mass is 243 g/mol. The first-order valence-electron chi connectivity index (χ1n) is 4.55. The Labute approximate surface area is 97.0 Å². The fourth-order valence-corrected chi connectivity index (χ4v) is 0.982. The summed E-state index contributed by atoms with van der Waals surface area (Å²) in [5.41, 5.74) is 0.0914. The number of carbonyl (C=O) groups is 2. The standard InChI is InChI=1S/C9H10ClN3O3/c1-2-16-8(14)5-13-9(15)6-3-12-7(10)4-11-6/h3-4H,2,5H2,1H3,(H,13,15). The lowest BCUT2D eigenvalue weighted by Crippen LogP contribution is -2.31. The van der Waals surface area contributed by atoms with Gasteiger partial charge in [-0.1, -0.05) is 11.6 Å². The summed E-state index contributed by atoms with van der Waals surface area (Å²) in [5.74, 6) is -1.00. The van der Waals surface area contributed by atoms with Crippen LogP contribution in [0, 0.1) is 0 Å². The Morgan fingerprint density at radius 3 is 2.75 bits per heavy atom. The zero-order valence-corrected chi connectivity index (χ0v) is 9.32. The molecule has 0 saturated heterocycles. The van der Waals surface area contributed by atoms with Crippen molar-refractivity contribution in [2.24, 2.45) is 0 Å². The van der Waals surface area contributed by atoms with Crippen LogP contribution in [0.25, 0.3) is 0 Å². The van der Waals surface area contributed by atoms with E-state index >= 15 is 0 Å². The number of nitrogens with zero attached hydrogens (tertiary/aromatic N) is 2. The van der Waals surface area contributed by atoms with Crippen molar-refractivity contribution in [3.63, 3.8) is 0 Å². The smallest absolute Gasteiger partial charge is 0.325 e. The Kier molecular flexibility index (Phi) is 4.65. The molecule has 0 aliphatic carbocycles. The summed E-state index contributed by atoms with van der Waals surface area (Å²) in [5, 5.41) is 2.54. The second kappa shape index (κ2) is 6.02. The molecule has 0 radical (unpaired) electrons. The Morgan fingerprint density at radius 2 is 2.19 bits per heavy atom. The molecule has 0 aliphatic heterocycles. The van der Waals surface area contributed by atoms with E-state index in [2.05, 4.69) is 20.0 Å². The van der Waals surface area contributed by atoms with E-state index in [9.17, 15) is 9.59 Å². The predicted octanol–water partition coefficient (Wildman–Crippen LogP) is 0.423. The third kappa shape index (κ3) is 3.82. The van der Waals surface area contributed by atoms with Gasteiger partial charge in [-0.05, 0) is 6.92 Å². The topological polar surface area (TPSA) is 81.2 Å². The first-order chi connectivity index (χ1) is 7.63. The molecule has 0 bridgehead atoms. The second-order valence-corrected chi connectivity index (χ2v) is 3.10. The van der Waals surface area contributed by atoms with Gasteiger partial charge in [0, 0.05) is 0 Å². The van der Waals surface area contributed by atoms with Crippen LogP contribution in [0.4, 0.5) is 0 Å². The summed E-state index contributed by atoms with van der Waals surface area (Å²) in [4.78, 5) is 29.8. The minimum Gasteiger partial charge on any atom is -0.465 e. The van der Waals surface area contributed by atoms with Crippen LogP contribution in [-0.4, -0.2) is 35.0 Å². The van der Waals surface area contributed by atoms with Crippen LogP contribution in [0.2, 0.25) is 5.15 Å². The highest BCUT2D eigenvalue weighted by Crippen LogP contribution is 2.00. The fourth-order valence-electron chi connectivity index (χ4n) is 0.885. The molecule has 0 saturated carbocycles. The summed E-state index contributed by atoms with van der Waals surface area (Å²) in [6.07, 6.45) is 2.48. The molecule has 0 aromatic carbocycles. The first-order valence-corrected chi connectivity index (χ1v) is 4.92. The van der Waals surface area contributed by atoms with E-state index in [4.69, 9.17) is 11.6 Å². The van der Waals surface area contributed by atoms with Gasteiger partial charge in [0.2, 0.25) is 0 Å². The van der Waals surface area contributed by atoms with Crippen LogP contribution in [0.1, 0.15) is 17.4 Å². The van der Waals surface area contributed by atoms with Gasteiger partial charge in [0.25, 0.3) is 5.91 Å². The number of hydrogen-bond acceptors (Lipinski definition) is 5. The average molecular weight is 244 g/mol. The molecule has 0 fully saturated rings. The molecule has 1 amide bonds. The van der Waals surface area contributed by atoms with E-state index in [-0.39, 0.29) is 24.0 Å². The summed E-state index contributed by atoms with van der Waals surface area (Å²) < 4.78 is 4.64. The lowest BCUT2D eigenvalue weighted by molar-refractivity contribution is -0.141. The molecule has 16 heavy (non-hydrogen) atoms. The number of carbonyl (C=O) groups excluding carboxylic acids is 2. The van der Waals surface area contributed by atoms with Crippen molar-refractivity contribution >= 4 is 23.5 Å². The van der Waals surface area contributed by atoms with Crippen LogP contribution in [0.3, 0.4) is 0 Å². The van der Waals surface area contributed by atoms with Gasteiger partial charge >= 0.3 is 5.97 Å². The summed E-state index contributed by atoms with van der Waals surface area (Å²) in [6, 6.07) is 0. The second-order valence-electron chi connectivity index (χ2n) is 2.71. The highest BCUT2D eigenvalue weighted by atomic mass is 35.5. The highest BCUT2D eigenvalue weighted by Gasteiger charge is 2.09. The number of aromatic nitrogens is 2. The minimum absolute atomic E-state index is 0.0914. The number of rotatable bonds is 4. The molecule has 0 aliphatic rings. The molecule has 1 rings (SSSR count). The van der Waals surface area contributed by atoms with Crippen LogP contribution in [-0.2, 0) is 9.53 Å². The third-order valence-electron chi connectivity index (χ3n) is 1.55. The van der Waals surface area contributed by atoms with Crippen LogP contribution in [0.15, 0.2) is 12.4 Å². The van der Waals surface area contributed by atoms with E-state index in [0.29, 0.717) is 0 Å². The SMILES string of the molecule is CCOC(=O)CNC(=O)c1cnc(Cl)cn1. The van der Waals surface area contributed by atoms with E-state index in [1.807, 2.05) is 0 Å². The zero-order valence-electron chi connectivity index (χ0n) is 8.57. The number of amides is 1. The van der Waals surface area contributed by atoms with E-state index < -0.39 is 11.9 Å². The maximum Gasteiger partial charge on any atom is 0.325 e. The third-order valence-corrected chi connectivity index (χ3v) is 1.75. The largest absolute Gasteiger partial charge is 0.465 e. The maximum atomic E-state index is 11.4.